The number of nitrogens with one attached hydrogen (secondary N) is 2. The Morgan fingerprint density at radius 1 is 1.17 bits per heavy atom. The summed E-state index contributed by atoms with van der Waals surface area (Å²) in [6.07, 6.45) is 2.90. The maximum Gasteiger partial charge on any atom is 0.338 e. The number of rotatable bonds is 9. The minimum atomic E-state index is -0.518. The molecule has 2 aromatic carbocycles. The Kier molecular flexibility index (Phi) is 8.87. The lowest BCUT2D eigenvalue weighted by Gasteiger charge is -2.35. The summed E-state index contributed by atoms with van der Waals surface area (Å²) < 4.78 is 10.3. The van der Waals surface area contributed by atoms with Crippen molar-refractivity contribution in [3.05, 3.63) is 87.1 Å². The molecule has 36 heavy (non-hydrogen) atoms. The van der Waals surface area contributed by atoms with E-state index in [4.69, 9.17) is 21.7 Å². The summed E-state index contributed by atoms with van der Waals surface area (Å²) in [4.78, 5) is 37.1. The standard InChI is InChI=1S/C25H26N4O6S/c1-16-22(24(31)35-15-14-34-3)23(27-25(36)28(16)2)18-7-9-19(10-8-18)26-21(30)13-6-17-4-11-20(12-5-17)29(32)33/h4-13,23H,14-15H2,1-3H3,(H,26,30)(H,27,36). The number of non-ortho nitro benzene ring substituents is 1. The first-order chi connectivity index (χ1) is 17.2. The van der Waals surface area contributed by atoms with Gasteiger partial charge in [-0.05, 0) is 60.6 Å². The van der Waals surface area contributed by atoms with Crippen LogP contribution in [-0.2, 0) is 19.1 Å². The molecule has 0 aromatic heterocycles. The molecule has 0 saturated carbocycles. The molecule has 1 atom stereocenters. The number of thiocarbonyl (C=S) groups is 1. The van der Waals surface area contributed by atoms with Crippen molar-refractivity contribution in [1.29, 1.82) is 0 Å². The zero-order valence-electron chi connectivity index (χ0n) is 20.0. The summed E-state index contributed by atoms with van der Waals surface area (Å²) in [5, 5.41) is 17.1. The van der Waals surface area contributed by atoms with Gasteiger partial charge in [0.05, 0.1) is 23.1 Å². The average molecular weight is 511 g/mol. The van der Waals surface area contributed by atoms with Gasteiger partial charge in [-0.1, -0.05) is 12.1 Å². The maximum atomic E-state index is 12.8. The minimum Gasteiger partial charge on any atom is -0.460 e. The highest BCUT2D eigenvalue weighted by molar-refractivity contribution is 7.80. The Morgan fingerprint density at radius 2 is 1.83 bits per heavy atom. The zero-order chi connectivity index (χ0) is 26.2. The molecule has 2 N–H and O–H groups in total. The second-order valence-corrected chi connectivity index (χ2v) is 8.25. The smallest absolute Gasteiger partial charge is 0.338 e. The van der Waals surface area contributed by atoms with E-state index in [1.165, 1.54) is 25.3 Å². The highest BCUT2D eigenvalue weighted by Crippen LogP contribution is 2.31. The molecular formula is C25H26N4O6S. The third kappa shape index (κ3) is 6.52. The third-order valence-electron chi connectivity index (χ3n) is 5.54. The lowest BCUT2D eigenvalue weighted by atomic mass is 9.95. The van der Waals surface area contributed by atoms with Gasteiger partial charge in [0.15, 0.2) is 5.11 Å². The van der Waals surface area contributed by atoms with Gasteiger partial charge in [-0.25, -0.2) is 4.79 Å². The van der Waals surface area contributed by atoms with Crippen molar-refractivity contribution in [2.75, 3.05) is 32.7 Å². The number of amides is 1. The molecule has 1 heterocycles. The van der Waals surface area contributed by atoms with Crippen LogP contribution in [0.15, 0.2) is 65.9 Å². The monoisotopic (exact) mass is 510 g/mol. The number of esters is 1. The molecule has 188 valence electrons. The number of ether oxygens (including phenoxy) is 2. The molecule has 0 bridgehead atoms. The van der Waals surface area contributed by atoms with Crippen molar-refractivity contribution < 1.29 is 24.0 Å². The largest absolute Gasteiger partial charge is 0.460 e. The Balaban J connectivity index is 1.71. The molecule has 10 nitrogen and oxygen atoms in total. The number of nitrogens with zero attached hydrogens (tertiary/aromatic N) is 2. The number of hydrogen-bond donors (Lipinski definition) is 2. The van der Waals surface area contributed by atoms with Gasteiger partial charge in [-0.15, -0.1) is 0 Å². The van der Waals surface area contributed by atoms with Gasteiger partial charge >= 0.3 is 5.97 Å². The Bertz CT molecular complexity index is 1210. The van der Waals surface area contributed by atoms with Crippen molar-refractivity contribution in [1.82, 2.24) is 10.2 Å². The topological polar surface area (TPSA) is 123 Å². The molecule has 1 amide bonds. The second-order valence-electron chi connectivity index (χ2n) is 7.86. The van der Waals surface area contributed by atoms with Crippen LogP contribution in [0.5, 0.6) is 0 Å². The average Bonchev–Trinajstić information content (AvgIpc) is 2.86. The summed E-state index contributed by atoms with van der Waals surface area (Å²) in [7, 11) is 3.30. The normalized spacial score (nSPS) is 15.6. The van der Waals surface area contributed by atoms with E-state index in [1.807, 2.05) is 0 Å². The van der Waals surface area contributed by atoms with Crippen molar-refractivity contribution in [2.45, 2.75) is 13.0 Å². The molecule has 0 aliphatic carbocycles. The first-order valence-corrected chi connectivity index (χ1v) is 11.4. The van der Waals surface area contributed by atoms with Crippen LogP contribution in [0.4, 0.5) is 11.4 Å². The molecule has 0 fully saturated rings. The maximum absolute atomic E-state index is 12.8. The number of hydrogen-bond acceptors (Lipinski definition) is 7. The van der Waals surface area contributed by atoms with Crippen LogP contribution in [0, 0.1) is 10.1 Å². The van der Waals surface area contributed by atoms with Gasteiger partial charge in [-0.3, -0.25) is 14.9 Å². The first kappa shape index (κ1) is 26.5. The number of carbonyl (C=O) groups is 2. The van der Waals surface area contributed by atoms with Gasteiger partial charge in [-0.2, -0.15) is 0 Å². The zero-order valence-corrected chi connectivity index (χ0v) is 20.8. The number of methoxy groups -OCH3 is 1. The van der Waals surface area contributed by atoms with E-state index in [1.54, 1.807) is 61.3 Å². The summed E-state index contributed by atoms with van der Waals surface area (Å²) in [5.41, 5.74) is 3.07. The number of anilines is 1. The molecule has 1 aliphatic rings. The number of nitro benzene ring substituents is 1. The third-order valence-corrected chi connectivity index (χ3v) is 5.93. The van der Waals surface area contributed by atoms with Crippen LogP contribution in [-0.4, -0.2) is 54.2 Å². The van der Waals surface area contributed by atoms with E-state index in [9.17, 15) is 19.7 Å². The van der Waals surface area contributed by atoms with E-state index >= 15 is 0 Å². The van der Waals surface area contributed by atoms with Gasteiger partial charge in [0, 0.05) is 43.8 Å². The molecule has 0 radical (unpaired) electrons. The van der Waals surface area contributed by atoms with E-state index in [0.717, 1.165) is 5.56 Å². The fourth-order valence-electron chi connectivity index (χ4n) is 3.47. The first-order valence-electron chi connectivity index (χ1n) is 11.0. The van der Waals surface area contributed by atoms with Crippen LogP contribution in [0.1, 0.15) is 24.1 Å². The van der Waals surface area contributed by atoms with Gasteiger partial charge < -0.3 is 25.0 Å². The van der Waals surface area contributed by atoms with Crippen molar-refractivity contribution in [3.63, 3.8) is 0 Å². The number of allylic oxidation sites excluding steroid dienone is 1. The van der Waals surface area contributed by atoms with Crippen molar-refractivity contribution in [2.24, 2.45) is 0 Å². The lowest BCUT2D eigenvalue weighted by molar-refractivity contribution is -0.384. The van der Waals surface area contributed by atoms with E-state index in [-0.39, 0.29) is 24.8 Å². The van der Waals surface area contributed by atoms with Gasteiger partial charge in [0.25, 0.3) is 5.69 Å². The Labute approximate surface area is 213 Å². The molecule has 0 spiro atoms. The lowest BCUT2D eigenvalue weighted by Crippen LogP contribution is -2.46. The SMILES string of the molecule is COCCOC(=O)C1=C(C)N(C)C(=S)NC1c1ccc(NC(=O)C=Cc2ccc([N+](=O)[O-])cc2)cc1. The molecule has 1 aliphatic heterocycles. The van der Waals surface area contributed by atoms with Gasteiger partial charge in [0.1, 0.15) is 6.61 Å². The molecular weight excluding hydrogens is 484 g/mol. The summed E-state index contributed by atoms with van der Waals surface area (Å²) in [6.45, 7) is 2.22. The van der Waals surface area contributed by atoms with Crippen LogP contribution < -0.4 is 10.6 Å². The molecule has 0 saturated heterocycles. The van der Waals surface area contributed by atoms with E-state index in [0.29, 0.717) is 27.6 Å². The fourth-order valence-corrected chi connectivity index (χ4v) is 3.72. The Hall–Kier alpha value is -4.09. The predicted molar refractivity (Wildman–Crippen MR) is 139 cm³/mol. The predicted octanol–water partition coefficient (Wildman–Crippen LogP) is 3.57. The summed E-state index contributed by atoms with van der Waals surface area (Å²) in [6, 6.07) is 12.4. The van der Waals surface area contributed by atoms with Crippen LogP contribution in [0.3, 0.4) is 0 Å². The number of carbonyl (C=O) groups excluding carboxylic acids is 2. The van der Waals surface area contributed by atoms with Crippen LogP contribution in [0.25, 0.3) is 6.08 Å². The van der Waals surface area contributed by atoms with Crippen molar-refractivity contribution >= 4 is 46.7 Å². The number of benzene rings is 2. The highest BCUT2D eigenvalue weighted by atomic mass is 32.1. The molecule has 3 rings (SSSR count). The van der Waals surface area contributed by atoms with Crippen LogP contribution in [0.2, 0.25) is 0 Å². The molecule has 1 unspecified atom stereocenters. The highest BCUT2D eigenvalue weighted by Gasteiger charge is 2.33. The van der Waals surface area contributed by atoms with Crippen molar-refractivity contribution in [3.8, 4) is 0 Å². The van der Waals surface area contributed by atoms with E-state index < -0.39 is 16.9 Å². The van der Waals surface area contributed by atoms with Gasteiger partial charge in [0.2, 0.25) is 5.91 Å². The summed E-state index contributed by atoms with van der Waals surface area (Å²) >= 11 is 5.41. The quantitative estimate of drug-likeness (QED) is 0.130. The molecule has 11 heteroatoms. The Morgan fingerprint density at radius 3 is 2.44 bits per heavy atom. The van der Waals surface area contributed by atoms with Crippen LogP contribution >= 0.6 is 12.2 Å². The minimum absolute atomic E-state index is 0.0204. The summed E-state index contributed by atoms with van der Waals surface area (Å²) in [5.74, 6) is -0.831. The molecule has 2 aromatic rings. The second kappa shape index (κ2) is 12.0. The fraction of sp³-hybridized carbons (Fsp3) is 0.240. The van der Waals surface area contributed by atoms with E-state index in [2.05, 4.69) is 10.6 Å². The number of nitro groups is 1.